The fraction of sp³-hybridized carbons (Fsp3) is 0.739. The third-order valence-corrected chi connectivity index (χ3v) is 5.98. The zero-order valence-corrected chi connectivity index (χ0v) is 15.8. The van der Waals surface area contributed by atoms with E-state index in [1.807, 2.05) is 18.2 Å². The van der Waals surface area contributed by atoms with Crippen molar-refractivity contribution >= 4 is 0 Å². The van der Waals surface area contributed by atoms with Crippen LogP contribution in [0.1, 0.15) is 102 Å². The lowest BCUT2D eigenvalue weighted by Gasteiger charge is -2.46. The zero-order chi connectivity index (χ0) is 17.1. The topological polar surface area (TPSA) is 20.2 Å². The summed E-state index contributed by atoms with van der Waals surface area (Å²) in [5.74, 6) is 0.485. The van der Waals surface area contributed by atoms with Gasteiger partial charge >= 0.3 is 0 Å². The highest BCUT2D eigenvalue weighted by Crippen LogP contribution is 2.48. The van der Waals surface area contributed by atoms with Crippen molar-refractivity contribution in [3.63, 3.8) is 0 Å². The summed E-state index contributed by atoms with van der Waals surface area (Å²) >= 11 is 0. The molecule has 24 heavy (non-hydrogen) atoms. The van der Waals surface area contributed by atoms with Crippen LogP contribution in [0.4, 0.5) is 0 Å². The van der Waals surface area contributed by atoms with Gasteiger partial charge in [0.2, 0.25) is 0 Å². The summed E-state index contributed by atoms with van der Waals surface area (Å²) in [6.45, 7) is 2.28. The molecule has 1 aliphatic rings. The fourth-order valence-corrected chi connectivity index (χ4v) is 4.17. The molecule has 1 heteroatoms. The van der Waals surface area contributed by atoms with Gasteiger partial charge in [-0.15, -0.1) is 0 Å². The van der Waals surface area contributed by atoms with Gasteiger partial charge in [-0.25, -0.2) is 0 Å². The Labute approximate surface area is 149 Å². The van der Waals surface area contributed by atoms with Gasteiger partial charge in [-0.2, -0.15) is 0 Å². The van der Waals surface area contributed by atoms with Crippen LogP contribution in [0, 0.1) is 5.92 Å². The maximum atomic E-state index is 10.9. The molecule has 2 rings (SSSR count). The Balaban J connectivity index is 1.48. The van der Waals surface area contributed by atoms with E-state index in [1.165, 1.54) is 83.5 Å². The summed E-state index contributed by atoms with van der Waals surface area (Å²) in [7, 11) is 0. The smallest absolute Gasteiger partial charge is 0.0924 e. The van der Waals surface area contributed by atoms with E-state index in [1.54, 1.807) is 0 Å². The Morgan fingerprint density at radius 3 is 1.88 bits per heavy atom. The molecule has 0 bridgehead atoms. The highest BCUT2D eigenvalue weighted by Gasteiger charge is 2.45. The predicted molar refractivity (Wildman–Crippen MR) is 104 cm³/mol. The van der Waals surface area contributed by atoms with Crippen LogP contribution in [-0.2, 0) is 5.60 Å². The van der Waals surface area contributed by atoms with Gasteiger partial charge in [-0.1, -0.05) is 108 Å². The van der Waals surface area contributed by atoms with Crippen molar-refractivity contribution in [1.29, 1.82) is 0 Å². The molecule has 1 aliphatic carbocycles. The van der Waals surface area contributed by atoms with E-state index in [-0.39, 0.29) is 0 Å². The van der Waals surface area contributed by atoms with Gasteiger partial charge in [0.15, 0.2) is 0 Å². The first kappa shape index (κ1) is 19.5. The Bertz CT molecular complexity index is 427. The molecule has 1 nitrogen and oxygen atoms in total. The number of rotatable bonds is 13. The van der Waals surface area contributed by atoms with Crippen LogP contribution in [-0.4, -0.2) is 5.11 Å². The van der Waals surface area contributed by atoms with Gasteiger partial charge in [0.25, 0.3) is 0 Å². The molecule has 0 radical (unpaired) electrons. The van der Waals surface area contributed by atoms with Crippen molar-refractivity contribution in [3.05, 3.63) is 35.9 Å². The highest BCUT2D eigenvalue weighted by atomic mass is 16.3. The quantitative estimate of drug-likeness (QED) is 0.387. The molecular formula is C23H38O. The third-order valence-electron chi connectivity index (χ3n) is 5.98. The Kier molecular flexibility index (Phi) is 8.88. The first-order valence-corrected chi connectivity index (χ1v) is 10.6. The van der Waals surface area contributed by atoms with Crippen molar-refractivity contribution < 1.29 is 5.11 Å². The molecule has 2 unspecified atom stereocenters. The molecule has 0 heterocycles. The van der Waals surface area contributed by atoms with Crippen LogP contribution in [0.25, 0.3) is 0 Å². The maximum absolute atomic E-state index is 10.9. The normalized spacial score (nSPS) is 23.2. The van der Waals surface area contributed by atoms with Gasteiger partial charge in [0, 0.05) is 0 Å². The predicted octanol–water partition coefficient (Wildman–Crippen LogP) is 6.99. The molecule has 0 spiro atoms. The number of aliphatic hydroxyl groups is 1. The molecule has 1 fully saturated rings. The molecule has 1 saturated carbocycles. The van der Waals surface area contributed by atoms with Crippen molar-refractivity contribution in [2.24, 2.45) is 5.92 Å². The fourth-order valence-electron chi connectivity index (χ4n) is 4.17. The van der Waals surface area contributed by atoms with Crippen LogP contribution < -0.4 is 0 Å². The second-order valence-electron chi connectivity index (χ2n) is 7.85. The van der Waals surface area contributed by atoms with Crippen LogP contribution in [0.5, 0.6) is 0 Å². The van der Waals surface area contributed by atoms with Crippen molar-refractivity contribution in [3.8, 4) is 0 Å². The second-order valence-corrected chi connectivity index (χ2v) is 7.85. The van der Waals surface area contributed by atoms with Gasteiger partial charge in [0.05, 0.1) is 5.60 Å². The van der Waals surface area contributed by atoms with Crippen LogP contribution in [0.2, 0.25) is 0 Å². The Hall–Kier alpha value is -0.820. The van der Waals surface area contributed by atoms with Gasteiger partial charge < -0.3 is 5.11 Å². The minimum atomic E-state index is -0.528. The number of hydrogen-bond donors (Lipinski definition) is 1. The van der Waals surface area contributed by atoms with E-state index in [0.717, 1.165) is 12.0 Å². The summed E-state index contributed by atoms with van der Waals surface area (Å²) in [6, 6.07) is 10.3. The SMILES string of the molecule is CCCCCCCCCCCCCC1CCC1(O)c1ccccc1. The second kappa shape index (κ2) is 10.9. The van der Waals surface area contributed by atoms with Crippen molar-refractivity contribution in [2.45, 2.75) is 102 Å². The van der Waals surface area contributed by atoms with E-state index < -0.39 is 5.60 Å². The van der Waals surface area contributed by atoms with E-state index in [9.17, 15) is 5.11 Å². The molecule has 1 aromatic rings. The number of unbranched alkanes of at least 4 members (excludes halogenated alkanes) is 10. The summed E-state index contributed by atoms with van der Waals surface area (Å²) in [5.41, 5.74) is 0.601. The average molecular weight is 331 g/mol. The van der Waals surface area contributed by atoms with Crippen LogP contribution in [0.3, 0.4) is 0 Å². The van der Waals surface area contributed by atoms with Crippen molar-refractivity contribution in [2.75, 3.05) is 0 Å². The summed E-state index contributed by atoms with van der Waals surface area (Å²) in [4.78, 5) is 0. The van der Waals surface area contributed by atoms with Crippen LogP contribution >= 0.6 is 0 Å². The maximum Gasteiger partial charge on any atom is 0.0924 e. The summed E-state index contributed by atoms with van der Waals surface area (Å²) in [6.07, 6.45) is 18.7. The lowest BCUT2D eigenvalue weighted by Crippen LogP contribution is -2.44. The molecule has 1 aromatic carbocycles. The number of benzene rings is 1. The molecular weight excluding hydrogens is 292 g/mol. The van der Waals surface area contributed by atoms with Crippen molar-refractivity contribution in [1.82, 2.24) is 0 Å². The third kappa shape index (κ3) is 5.92. The van der Waals surface area contributed by atoms with Gasteiger partial charge in [-0.05, 0) is 30.7 Å². The largest absolute Gasteiger partial charge is 0.385 e. The highest BCUT2D eigenvalue weighted by molar-refractivity contribution is 5.25. The summed E-state index contributed by atoms with van der Waals surface area (Å²) < 4.78 is 0. The molecule has 0 aliphatic heterocycles. The molecule has 1 N–H and O–H groups in total. The molecule has 136 valence electrons. The minimum absolute atomic E-state index is 0.485. The first-order chi connectivity index (χ1) is 11.8. The standard InChI is InChI=1S/C23H38O/c1-2-3-4-5-6-7-8-9-10-11-13-18-22-19-20-23(22,24)21-16-14-12-15-17-21/h12,14-17,22,24H,2-11,13,18-20H2,1H3. The lowest BCUT2D eigenvalue weighted by atomic mass is 9.64. The monoisotopic (exact) mass is 330 g/mol. The molecule has 0 saturated heterocycles. The zero-order valence-electron chi connectivity index (χ0n) is 15.8. The van der Waals surface area contributed by atoms with E-state index in [2.05, 4.69) is 19.1 Å². The molecule has 0 aromatic heterocycles. The van der Waals surface area contributed by atoms with E-state index >= 15 is 0 Å². The van der Waals surface area contributed by atoms with E-state index in [0.29, 0.717) is 5.92 Å². The lowest BCUT2D eigenvalue weighted by molar-refractivity contribution is -0.105. The Morgan fingerprint density at radius 2 is 1.38 bits per heavy atom. The first-order valence-electron chi connectivity index (χ1n) is 10.6. The minimum Gasteiger partial charge on any atom is -0.385 e. The molecule has 2 atom stereocenters. The van der Waals surface area contributed by atoms with Crippen LogP contribution in [0.15, 0.2) is 30.3 Å². The number of hydrogen-bond acceptors (Lipinski definition) is 1. The van der Waals surface area contributed by atoms with E-state index in [4.69, 9.17) is 0 Å². The van der Waals surface area contributed by atoms with Gasteiger partial charge in [0.1, 0.15) is 0 Å². The summed E-state index contributed by atoms with van der Waals surface area (Å²) in [5, 5.41) is 10.9. The Morgan fingerprint density at radius 1 is 0.833 bits per heavy atom. The average Bonchev–Trinajstić information content (AvgIpc) is 2.61. The van der Waals surface area contributed by atoms with Gasteiger partial charge in [-0.3, -0.25) is 0 Å². The molecule has 0 amide bonds.